The Labute approximate surface area is 224 Å². The summed E-state index contributed by atoms with van der Waals surface area (Å²) in [4.78, 5) is 30.3. The summed E-state index contributed by atoms with van der Waals surface area (Å²) < 4.78 is 46.8. The minimum absolute atomic E-state index is 0.0151. The van der Waals surface area contributed by atoms with Crippen molar-refractivity contribution in [3.05, 3.63) is 36.2 Å². The Hall–Kier alpha value is -3.38. The predicted molar refractivity (Wildman–Crippen MR) is 138 cm³/mol. The summed E-state index contributed by atoms with van der Waals surface area (Å²) in [5.41, 5.74) is 0.998. The van der Waals surface area contributed by atoms with E-state index in [1.165, 1.54) is 4.57 Å². The average molecular weight is 543 g/mol. The Balaban J connectivity index is 1.26. The van der Waals surface area contributed by atoms with Crippen molar-refractivity contribution >= 4 is 22.9 Å². The molecule has 1 aromatic carbocycles. The van der Waals surface area contributed by atoms with Gasteiger partial charge in [0.05, 0.1) is 37.5 Å². The van der Waals surface area contributed by atoms with Crippen LogP contribution < -0.4 is 9.64 Å². The summed E-state index contributed by atoms with van der Waals surface area (Å²) in [7, 11) is 0. The van der Waals surface area contributed by atoms with Crippen molar-refractivity contribution in [3.63, 3.8) is 0 Å². The van der Waals surface area contributed by atoms with Crippen molar-refractivity contribution in [1.82, 2.24) is 24.4 Å². The molecule has 12 heteroatoms. The molecule has 4 heterocycles. The molecule has 1 saturated carbocycles. The van der Waals surface area contributed by atoms with E-state index in [1.54, 1.807) is 30.3 Å². The van der Waals surface area contributed by atoms with Crippen LogP contribution in [-0.2, 0) is 14.3 Å². The molecular formula is C27H32F2N6O4. The number of fused-ring (bicyclic) bond motifs is 1. The Bertz CT molecular complexity index is 1300. The molecule has 0 N–H and O–H groups in total. The van der Waals surface area contributed by atoms with Gasteiger partial charge < -0.3 is 24.0 Å². The minimum Gasteiger partial charge on any atom is -0.474 e. The zero-order valence-corrected chi connectivity index (χ0v) is 21.7. The van der Waals surface area contributed by atoms with E-state index >= 15 is 0 Å². The number of amides is 1. The summed E-state index contributed by atoms with van der Waals surface area (Å²) in [6.07, 6.45) is -0.0314. The monoisotopic (exact) mass is 542 g/mol. The van der Waals surface area contributed by atoms with Crippen LogP contribution in [0.15, 0.2) is 30.3 Å². The molecular weight excluding hydrogens is 510 g/mol. The third-order valence-corrected chi connectivity index (χ3v) is 7.62. The molecule has 1 amide bonds. The normalized spacial score (nSPS) is 22.4. The Kier molecular flexibility index (Phi) is 7.55. The molecule has 0 bridgehead atoms. The molecule has 3 aliphatic rings. The van der Waals surface area contributed by atoms with Gasteiger partial charge >= 0.3 is 0 Å². The highest BCUT2D eigenvalue weighted by Gasteiger charge is 2.32. The number of hydrogen-bond donors (Lipinski definition) is 0. The lowest BCUT2D eigenvalue weighted by Gasteiger charge is -2.34. The molecule has 0 unspecified atom stereocenters. The number of halogens is 2. The predicted octanol–water partition coefficient (Wildman–Crippen LogP) is 3.39. The molecule has 2 aromatic heterocycles. The SMILES string of the molecule is O=C(C1CCC(Oc2cc(-n3c(C(F)F)nc4ccccc43)nc(N3CCOCC3)n2)CC1)N1CCOCC1. The highest BCUT2D eigenvalue weighted by Crippen LogP contribution is 2.32. The number of hydrogen-bond acceptors (Lipinski definition) is 8. The maximum atomic E-state index is 14.1. The van der Waals surface area contributed by atoms with Crippen LogP contribution in [-0.4, -0.2) is 89.0 Å². The molecule has 10 nitrogen and oxygen atoms in total. The van der Waals surface area contributed by atoms with E-state index in [0.29, 0.717) is 88.3 Å². The molecule has 0 atom stereocenters. The van der Waals surface area contributed by atoms with Crippen LogP contribution in [0.4, 0.5) is 14.7 Å². The number of ether oxygens (including phenoxy) is 3. The van der Waals surface area contributed by atoms with Gasteiger partial charge in [0, 0.05) is 38.2 Å². The number of alkyl halides is 2. The standard InChI is InChI=1S/C27H32F2N6O4/c28-24(29)25-30-20-3-1-2-4-21(20)35(25)22-17-23(32-27(31-22)34-11-15-38-16-12-34)39-19-7-5-18(6-8-19)26(36)33-9-13-37-14-10-33/h1-4,17-19,24H,5-16H2. The van der Waals surface area contributed by atoms with E-state index in [2.05, 4.69) is 15.0 Å². The Morgan fingerprint density at radius 2 is 1.62 bits per heavy atom. The van der Waals surface area contributed by atoms with Gasteiger partial charge in [-0.3, -0.25) is 9.36 Å². The zero-order chi connectivity index (χ0) is 26.8. The third kappa shape index (κ3) is 5.53. The van der Waals surface area contributed by atoms with Gasteiger partial charge in [-0.05, 0) is 37.8 Å². The number of imidazole rings is 1. The molecule has 6 rings (SSSR count). The largest absolute Gasteiger partial charge is 0.474 e. The molecule has 3 aromatic rings. The molecule has 2 aliphatic heterocycles. The lowest BCUT2D eigenvalue weighted by atomic mass is 9.86. The second-order valence-electron chi connectivity index (χ2n) is 10.1. The van der Waals surface area contributed by atoms with Gasteiger partial charge in [0.2, 0.25) is 17.7 Å². The minimum atomic E-state index is -2.79. The molecule has 208 valence electrons. The third-order valence-electron chi connectivity index (χ3n) is 7.62. The number of aromatic nitrogens is 4. The van der Waals surface area contributed by atoms with Crippen LogP contribution in [0.25, 0.3) is 16.9 Å². The molecule has 3 fully saturated rings. The van der Waals surface area contributed by atoms with Gasteiger partial charge in [-0.1, -0.05) is 12.1 Å². The average Bonchev–Trinajstić information content (AvgIpc) is 3.38. The van der Waals surface area contributed by atoms with Crippen LogP contribution in [0, 0.1) is 5.92 Å². The maximum absolute atomic E-state index is 14.1. The number of anilines is 1. The summed E-state index contributed by atoms with van der Waals surface area (Å²) in [6, 6.07) is 8.61. The van der Waals surface area contributed by atoms with Gasteiger partial charge in [-0.25, -0.2) is 13.8 Å². The molecule has 0 radical (unpaired) electrons. The Morgan fingerprint density at radius 3 is 2.33 bits per heavy atom. The number of morpholine rings is 2. The van der Waals surface area contributed by atoms with E-state index in [0.717, 1.165) is 12.8 Å². The first-order valence-electron chi connectivity index (χ1n) is 13.6. The topological polar surface area (TPSA) is 94.8 Å². The lowest BCUT2D eigenvalue weighted by molar-refractivity contribution is -0.141. The molecule has 39 heavy (non-hydrogen) atoms. The van der Waals surface area contributed by atoms with Gasteiger partial charge in [-0.15, -0.1) is 0 Å². The first-order chi connectivity index (χ1) is 19.1. The number of rotatable bonds is 6. The molecule has 0 spiro atoms. The summed E-state index contributed by atoms with van der Waals surface area (Å²) in [5, 5.41) is 0. The number of carbonyl (C=O) groups is 1. The van der Waals surface area contributed by atoms with Crippen molar-refractivity contribution in [2.45, 2.75) is 38.2 Å². The second kappa shape index (κ2) is 11.4. The van der Waals surface area contributed by atoms with Gasteiger partial charge in [0.15, 0.2) is 5.82 Å². The lowest BCUT2D eigenvalue weighted by Crippen LogP contribution is -2.45. The summed E-state index contributed by atoms with van der Waals surface area (Å²) >= 11 is 0. The van der Waals surface area contributed by atoms with E-state index in [9.17, 15) is 13.6 Å². The number of para-hydroxylation sites is 2. The van der Waals surface area contributed by atoms with Crippen molar-refractivity contribution < 1.29 is 27.8 Å². The van der Waals surface area contributed by atoms with E-state index in [-0.39, 0.29) is 29.6 Å². The highest BCUT2D eigenvalue weighted by molar-refractivity contribution is 5.79. The van der Waals surface area contributed by atoms with Crippen LogP contribution in [0.1, 0.15) is 37.9 Å². The smallest absolute Gasteiger partial charge is 0.296 e. The fourth-order valence-electron chi connectivity index (χ4n) is 5.55. The highest BCUT2D eigenvalue weighted by atomic mass is 19.3. The number of carbonyl (C=O) groups excluding carboxylic acids is 1. The van der Waals surface area contributed by atoms with Crippen LogP contribution in [0.2, 0.25) is 0 Å². The Morgan fingerprint density at radius 1 is 0.923 bits per heavy atom. The first-order valence-corrected chi connectivity index (χ1v) is 13.6. The van der Waals surface area contributed by atoms with Gasteiger partial charge in [0.1, 0.15) is 11.9 Å². The van der Waals surface area contributed by atoms with E-state index in [1.807, 2.05) is 9.80 Å². The van der Waals surface area contributed by atoms with Gasteiger partial charge in [0.25, 0.3) is 6.43 Å². The molecule has 2 saturated heterocycles. The van der Waals surface area contributed by atoms with Crippen molar-refractivity contribution in [2.75, 3.05) is 57.5 Å². The summed E-state index contributed by atoms with van der Waals surface area (Å²) in [6.45, 7) is 4.70. The number of nitrogens with zero attached hydrogens (tertiary/aromatic N) is 6. The maximum Gasteiger partial charge on any atom is 0.296 e. The number of benzene rings is 1. The van der Waals surface area contributed by atoms with Crippen molar-refractivity contribution in [3.8, 4) is 11.7 Å². The van der Waals surface area contributed by atoms with E-state index in [4.69, 9.17) is 14.2 Å². The fraction of sp³-hybridized carbons (Fsp3) is 0.556. The van der Waals surface area contributed by atoms with Crippen LogP contribution in [0.3, 0.4) is 0 Å². The quantitative estimate of drug-likeness (QED) is 0.468. The van der Waals surface area contributed by atoms with Gasteiger partial charge in [-0.2, -0.15) is 9.97 Å². The second-order valence-corrected chi connectivity index (χ2v) is 10.1. The fourth-order valence-corrected chi connectivity index (χ4v) is 5.55. The van der Waals surface area contributed by atoms with Crippen molar-refractivity contribution in [1.29, 1.82) is 0 Å². The van der Waals surface area contributed by atoms with Crippen LogP contribution >= 0.6 is 0 Å². The molecule has 1 aliphatic carbocycles. The van der Waals surface area contributed by atoms with Crippen molar-refractivity contribution in [2.24, 2.45) is 5.92 Å². The van der Waals surface area contributed by atoms with Crippen LogP contribution in [0.5, 0.6) is 5.88 Å². The zero-order valence-electron chi connectivity index (χ0n) is 21.7. The first kappa shape index (κ1) is 25.9. The van der Waals surface area contributed by atoms with E-state index < -0.39 is 6.43 Å². The summed E-state index contributed by atoms with van der Waals surface area (Å²) in [5.74, 6) is 0.806.